The van der Waals surface area contributed by atoms with Crippen LogP contribution in [0.5, 0.6) is 0 Å². The van der Waals surface area contributed by atoms with E-state index in [0.717, 1.165) is 16.3 Å². The SMILES string of the molecule is COC(C[SiH3])C(NC(N)=O)(OC)OC. The first-order valence-corrected chi connectivity index (χ1v) is 5.68. The Labute approximate surface area is 86.5 Å². The third kappa shape index (κ3) is 2.95. The quantitative estimate of drug-likeness (QED) is 0.419. The second-order valence-corrected chi connectivity index (χ2v) is 3.51. The van der Waals surface area contributed by atoms with Crippen LogP contribution >= 0.6 is 0 Å². The van der Waals surface area contributed by atoms with Crippen LogP contribution < -0.4 is 11.1 Å². The fourth-order valence-corrected chi connectivity index (χ4v) is 2.16. The molecule has 0 aromatic heterocycles. The number of nitrogens with one attached hydrogen (secondary N) is 1. The van der Waals surface area contributed by atoms with Crippen LogP contribution in [0.3, 0.4) is 0 Å². The molecule has 14 heavy (non-hydrogen) atoms. The molecule has 6 nitrogen and oxygen atoms in total. The van der Waals surface area contributed by atoms with E-state index in [0.29, 0.717) is 0 Å². The van der Waals surface area contributed by atoms with Gasteiger partial charge in [-0.15, -0.1) is 0 Å². The number of methoxy groups -OCH3 is 3. The second-order valence-electron chi connectivity index (χ2n) is 2.70. The van der Waals surface area contributed by atoms with Gasteiger partial charge in [0.2, 0.25) is 0 Å². The van der Waals surface area contributed by atoms with E-state index in [4.69, 9.17) is 19.9 Å². The van der Waals surface area contributed by atoms with E-state index >= 15 is 0 Å². The number of nitrogens with two attached hydrogens (primary N) is 1. The van der Waals surface area contributed by atoms with Gasteiger partial charge in [-0.2, -0.15) is 0 Å². The molecule has 0 spiro atoms. The van der Waals surface area contributed by atoms with Crippen molar-refractivity contribution in [2.24, 2.45) is 5.73 Å². The minimum atomic E-state index is -1.29. The van der Waals surface area contributed by atoms with E-state index in [1.807, 2.05) is 0 Å². The second kappa shape index (κ2) is 5.97. The van der Waals surface area contributed by atoms with Gasteiger partial charge in [0.25, 0.3) is 5.91 Å². The fourth-order valence-electron chi connectivity index (χ4n) is 1.29. The molecule has 0 heterocycles. The molecule has 0 bridgehead atoms. The van der Waals surface area contributed by atoms with Gasteiger partial charge in [0.1, 0.15) is 6.10 Å². The van der Waals surface area contributed by atoms with Gasteiger partial charge in [0, 0.05) is 31.6 Å². The van der Waals surface area contributed by atoms with Crippen molar-refractivity contribution in [2.45, 2.75) is 18.1 Å². The van der Waals surface area contributed by atoms with E-state index < -0.39 is 11.9 Å². The zero-order chi connectivity index (χ0) is 11.2. The predicted molar refractivity (Wildman–Crippen MR) is 55.0 cm³/mol. The Bertz CT molecular complexity index is 183. The number of hydrogen-bond acceptors (Lipinski definition) is 4. The number of urea groups is 1. The van der Waals surface area contributed by atoms with Crippen LogP contribution in [-0.2, 0) is 14.2 Å². The maximum Gasteiger partial charge on any atom is 0.316 e. The van der Waals surface area contributed by atoms with Crippen molar-refractivity contribution in [1.29, 1.82) is 0 Å². The lowest BCUT2D eigenvalue weighted by atomic mass is 10.3. The largest absolute Gasteiger partial charge is 0.374 e. The van der Waals surface area contributed by atoms with Gasteiger partial charge in [-0.05, 0) is 6.04 Å². The van der Waals surface area contributed by atoms with Crippen LogP contribution in [0.4, 0.5) is 4.79 Å². The first-order chi connectivity index (χ1) is 6.56. The van der Waals surface area contributed by atoms with Crippen molar-refractivity contribution in [3.63, 3.8) is 0 Å². The molecule has 2 amide bonds. The standard InChI is InChI=1S/C7H18N2O4Si/c1-11-5(4-14)7(12-2,13-3)9-6(8)10/h5H,4H2,1-3,14H3,(H3,8,9,10). The van der Waals surface area contributed by atoms with E-state index in [1.54, 1.807) is 0 Å². The van der Waals surface area contributed by atoms with Crippen LogP contribution in [0.15, 0.2) is 0 Å². The molecule has 0 rings (SSSR count). The molecule has 0 saturated heterocycles. The molecule has 0 aromatic carbocycles. The highest BCUT2D eigenvalue weighted by Gasteiger charge is 2.40. The molecule has 0 aliphatic carbocycles. The van der Waals surface area contributed by atoms with Gasteiger partial charge in [0.15, 0.2) is 0 Å². The van der Waals surface area contributed by atoms with Crippen molar-refractivity contribution >= 4 is 16.3 Å². The number of primary amides is 1. The van der Waals surface area contributed by atoms with Crippen LogP contribution in [-0.4, -0.2) is 49.6 Å². The van der Waals surface area contributed by atoms with E-state index in [2.05, 4.69) is 5.32 Å². The Morgan fingerprint density at radius 3 is 2.21 bits per heavy atom. The number of ether oxygens (including phenoxy) is 3. The summed E-state index contributed by atoms with van der Waals surface area (Å²) < 4.78 is 15.4. The summed E-state index contributed by atoms with van der Waals surface area (Å²) in [5.74, 6) is -1.29. The summed E-state index contributed by atoms with van der Waals surface area (Å²) in [6.07, 6.45) is -0.364. The van der Waals surface area contributed by atoms with E-state index in [1.165, 1.54) is 21.3 Å². The Hall–Kier alpha value is -0.633. The van der Waals surface area contributed by atoms with Gasteiger partial charge >= 0.3 is 6.03 Å². The predicted octanol–water partition coefficient (Wildman–Crippen LogP) is -1.60. The summed E-state index contributed by atoms with van der Waals surface area (Å²) in [5, 5.41) is 2.39. The van der Waals surface area contributed by atoms with E-state index in [-0.39, 0.29) is 6.10 Å². The number of amides is 2. The summed E-state index contributed by atoms with van der Waals surface area (Å²) in [6.45, 7) is 0. The highest BCUT2D eigenvalue weighted by molar-refractivity contribution is 6.08. The molecule has 0 aliphatic rings. The molecular weight excluding hydrogens is 204 g/mol. The number of hydrogen-bond donors (Lipinski definition) is 2. The average molecular weight is 222 g/mol. The van der Waals surface area contributed by atoms with Gasteiger partial charge < -0.3 is 19.9 Å². The molecule has 1 atom stereocenters. The smallest absolute Gasteiger partial charge is 0.316 e. The van der Waals surface area contributed by atoms with Gasteiger partial charge in [-0.1, -0.05) is 0 Å². The summed E-state index contributed by atoms with van der Waals surface area (Å²) >= 11 is 0. The lowest BCUT2D eigenvalue weighted by Crippen LogP contribution is -2.61. The number of carbonyl (C=O) groups excluding carboxylic acids is 1. The molecule has 0 radical (unpaired) electrons. The van der Waals surface area contributed by atoms with Crippen molar-refractivity contribution < 1.29 is 19.0 Å². The van der Waals surface area contributed by atoms with Crippen LogP contribution in [0.1, 0.15) is 0 Å². The van der Waals surface area contributed by atoms with E-state index in [9.17, 15) is 4.79 Å². The number of carbonyl (C=O) groups is 1. The van der Waals surface area contributed by atoms with Crippen molar-refractivity contribution in [3.05, 3.63) is 0 Å². The lowest BCUT2D eigenvalue weighted by molar-refractivity contribution is -0.270. The third-order valence-corrected chi connectivity index (χ3v) is 2.72. The Kier molecular flexibility index (Phi) is 5.70. The summed E-state index contributed by atoms with van der Waals surface area (Å²) in [7, 11) is 5.26. The topological polar surface area (TPSA) is 82.8 Å². The maximum atomic E-state index is 10.8. The van der Waals surface area contributed by atoms with Crippen LogP contribution in [0, 0.1) is 0 Å². The monoisotopic (exact) mass is 222 g/mol. The van der Waals surface area contributed by atoms with Crippen molar-refractivity contribution in [1.82, 2.24) is 5.32 Å². The van der Waals surface area contributed by atoms with Gasteiger partial charge in [0.05, 0.1) is 0 Å². The first kappa shape index (κ1) is 13.4. The molecule has 0 aromatic rings. The first-order valence-electron chi connectivity index (χ1n) is 4.27. The molecule has 0 fully saturated rings. The third-order valence-electron chi connectivity index (χ3n) is 1.98. The van der Waals surface area contributed by atoms with Gasteiger partial charge in [-0.3, -0.25) is 5.32 Å². The van der Waals surface area contributed by atoms with Crippen LogP contribution in [0.2, 0.25) is 6.04 Å². The minimum Gasteiger partial charge on any atom is -0.374 e. The summed E-state index contributed by atoms with van der Waals surface area (Å²) in [5.41, 5.74) is 5.02. The molecule has 0 saturated carbocycles. The normalized spacial score (nSPS) is 13.9. The molecule has 7 heteroatoms. The molecule has 84 valence electrons. The average Bonchev–Trinajstić information content (AvgIpc) is 2.17. The summed E-state index contributed by atoms with van der Waals surface area (Å²) in [6, 6.07) is 0.0317. The Balaban J connectivity index is 4.73. The zero-order valence-electron chi connectivity index (χ0n) is 8.99. The Morgan fingerprint density at radius 1 is 1.50 bits per heavy atom. The van der Waals surface area contributed by atoms with Crippen molar-refractivity contribution in [2.75, 3.05) is 21.3 Å². The molecule has 0 aliphatic heterocycles. The van der Waals surface area contributed by atoms with Crippen LogP contribution in [0.25, 0.3) is 0 Å². The molecular formula is C7H18N2O4Si. The summed E-state index contributed by atoms with van der Waals surface area (Å²) in [4.78, 5) is 10.8. The molecule has 1 unspecified atom stereocenters. The number of rotatable bonds is 6. The van der Waals surface area contributed by atoms with Crippen molar-refractivity contribution in [3.8, 4) is 0 Å². The van der Waals surface area contributed by atoms with Gasteiger partial charge in [-0.25, -0.2) is 4.79 Å². The molecule has 3 N–H and O–H groups in total. The zero-order valence-corrected chi connectivity index (χ0v) is 11.0. The maximum absolute atomic E-state index is 10.8. The minimum absolute atomic E-state index is 0.364. The highest BCUT2D eigenvalue weighted by Crippen LogP contribution is 2.18. The fraction of sp³-hybridized carbons (Fsp3) is 0.857. The lowest BCUT2D eigenvalue weighted by Gasteiger charge is -2.36. The Morgan fingerprint density at radius 2 is 2.00 bits per heavy atom. The highest BCUT2D eigenvalue weighted by atomic mass is 28.1.